The summed E-state index contributed by atoms with van der Waals surface area (Å²) in [7, 11) is 0. The Morgan fingerprint density at radius 3 is 1.94 bits per heavy atom. The summed E-state index contributed by atoms with van der Waals surface area (Å²) in [5, 5.41) is 8.32. The van der Waals surface area contributed by atoms with Gasteiger partial charge in [0.15, 0.2) is 5.82 Å². The highest BCUT2D eigenvalue weighted by Crippen LogP contribution is 2.53. The molecule has 14 rings (SSSR count). The number of hydrogen-bond donors (Lipinski definition) is 0. The fraction of sp³-hybridized carbons (Fsp3) is 0.0794. The molecule has 2 atom stereocenters. The van der Waals surface area contributed by atoms with Gasteiger partial charge in [0.05, 0.1) is 33.3 Å². The Morgan fingerprint density at radius 1 is 0.433 bits per heavy atom. The average molecular weight is 857 g/mol. The van der Waals surface area contributed by atoms with Crippen LogP contribution in [0.5, 0.6) is 0 Å². The lowest BCUT2D eigenvalue weighted by molar-refractivity contribution is 0.394. The second-order valence-corrected chi connectivity index (χ2v) is 19.0. The third kappa shape index (κ3) is 5.66. The lowest BCUT2D eigenvalue weighted by atomic mass is 9.74. The summed E-state index contributed by atoms with van der Waals surface area (Å²) in [6, 6.07) is 71.0. The van der Waals surface area contributed by atoms with E-state index >= 15 is 0 Å². The molecule has 9 aromatic carbocycles. The van der Waals surface area contributed by atoms with Crippen molar-refractivity contribution in [1.82, 2.24) is 19.1 Å². The first-order chi connectivity index (χ1) is 33.0. The van der Waals surface area contributed by atoms with Gasteiger partial charge >= 0.3 is 0 Å². The third-order valence-electron chi connectivity index (χ3n) is 15.0. The molecule has 4 nitrogen and oxygen atoms in total. The van der Waals surface area contributed by atoms with Crippen molar-refractivity contribution in [3.63, 3.8) is 0 Å². The minimum absolute atomic E-state index is 0.0147. The molecule has 2 aliphatic rings. The largest absolute Gasteiger partial charge is 0.309 e. The summed E-state index contributed by atoms with van der Waals surface area (Å²) >= 11 is 0. The van der Waals surface area contributed by atoms with Crippen molar-refractivity contribution in [1.29, 1.82) is 0 Å². The van der Waals surface area contributed by atoms with E-state index in [1.54, 1.807) is 0 Å². The van der Waals surface area contributed by atoms with Crippen LogP contribution >= 0.6 is 0 Å². The van der Waals surface area contributed by atoms with Crippen LogP contribution in [0.3, 0.4) is 0 Å². The molecule has 2 aliphatic carbocycles. The van der Waals surface area contributed by atoms with Gasteiger partial charge in [0.25, 0.3) is 0 Å². The lowest BCUT2D eigenvalue weighted by Gasteiger charge is -2.29. The van der Waals surface area contributed by atoms with E-state index in [-0.39, 0.29) is 5.41 Å². The van der Waals surface area contributed by atoms with Gasteiger partial charge in [0.2, 0.25) is 0 Å². The molecule has 0 radical (unpaired) electrons. The lowest BCUT2D eigenvalue weighted by Crippen LogP contribution is -2.24. The number of para-hydroxylation sites is 3. The Bertz CT molecular complexity index is 4090. The predicted molar refractivity (Wildman–Crippen MR) is 280 cm³/mol. The number of allylic oxidation sites excluding steroid dienone is 4. The molecule has 0 saturated heterocycles. The van der Waals surface area contributed by atoms with Crippen molar-refractivity contribution in [2.24, 2.45) is 5.92 Å². The zero-order chi connectivity index (χ0) is 44.4. The van der Waals surface area contributed by atoms with E-state index < -0.39 is 0 Å². The maximum atomic E-state index is 5.57. The first-order valence-corrected chi connectivity index (χ1v) is 23.4. The SMILES string of the molecule is CC1(C)c2cc(-c3nc(-c4cccc(-n5c6ccccc6c6ccc(-c7ccc8c(c7)c7ccccc7n8-c7ccccc7)cc65)c4)c4c(ccc5ccccc54)n3)ccc2C2C=CC=CC21. The number of nitrogens with zero attached hydrogens (tertiary/aromatic N) is 4. The van der Waals surface area contributed by atoms with E-state index in [9.17, 15) is 0 Å². The molecule has 0 amide bonds. The van der Waals surface area contributed by atoms with Crippen molar-refractivity contribution in [2.75, 3.05) is 0 Å². The molecule has 3 heterocycles. The Balaban J connectivity index is 0.945. The first-order valence-electron chi connectivity index (χ1n) is 23.4. The monoisotopic (exact) mass is 856 g/mol. The number of hydrogen-bond acceptors (Lipinski definition) is 2. The second kappa shape index (κ2) is 14.3. The van der Waals surface area contributed by atoms with Crippen molar-refractivity contribution in [3.8, 4) is 45.1 Å². The maximum Gasteiger partial charge on any atom is 0.160 e. The van der Waals surface area contributed by atoms with Gasteiger partial charge in [-0.05, 0) is 111 Å². The van der Waals surface area contributed by atoms with Gasteiger partial charge in [0, 0.05) is 55.4 Å². The van der Waals surface area contributed by atoms with E-state index in [2.05, 4.69) is 241 Å². The van der Waals surface area contributed by atoms with Gasteiger partial charge < -0.3 is 9.13 Å². The van der Waals surface area contributed by atoms with E-state index in [4.69, 9.17) is 9.97 Å². The zero-order valence-electron chi connectivity index (χ0n) is 37.2. The molecule has 4 heteroatoms. The third-order valence-corrected chi connectivity index (χ3v) is 15.0. The maximum absolute atomic E-state index is 5.57. The minimum atomic E-state index is -0.0147. The highest BCUT2D eigenvalue weighted by molar-refractivity contribution is 6.14. The standard InChI is InChI=1S/C63H44N4/c1-63(2)53-24-11-8-21-47(53)48-31-28-43(37-54(48)63)62-64-55-33-29-39-15-6-7-20-46(39)60(55)61(65-62)42-16-14-19-45(35-42)67-56-25-12-9-22-49(56)51-32-27-41(38-59(51)67)40-30-34-58-52(36-40)50-23-10-13-26-57(50)66(58)44-17-4-3-5-18-44/h3-38,47,53H,1-2H3. The molecule has 0 aliphatic heterocycles. The Kier molecular flexibility index (Phi) is 8.12. The number of aromatic nitrogens is 4. The smallest absolute Gasteiger partial charge is 0.160 e. The molecular weight excluding hydrogens is 813 g/mol. The van der Waals surface area contributed by atoms with Crippen LogP contribution in [0.25, 0.3) is 110 Å². The fourth-order valence-electron chi connectivity index (χ4n) is 11.8. The summed E-state index contributed by atoms with van der Waals surface area (Å²) in [6.45, 7) is 4.77. The molecule has 0 saturated carbocycles. The van der Waals surface area contributed by atoms with Gasteiger partial charge in [-0.15, -0.1) is 0 Å². The molecule has 316 valence electrons. The van der Waals surface area contributed by atoms with Gasteiger partial charge in [-0.3, -0.25) is 0 Å². The highest BCUT2D eigenvalue weighted by atomic mass is 15.0. The minimum Gasteiger partial charge on any atom is -0.309 e. The van der Waals surface area contributed by atoms with E-state index in [1.165, 1.54) is 60.2 Å². The number of rotatable bonds is 5. The predicted octanol–water partition coefficient (Wildman–Crippen LogP) is 16.1. The zero-order valence-corrected chi connectivity index (χ0v) is 37.2. The topological polar surface area (TPSA) is 35.6 Å². The van der Waals surface area contributed by atoms with Crippen LogP contribution in [-0.2, 0) is 5.41 Å². The van der Waals surface area contributed by atoms with Crippen LogP contribution in [0.1, 0.15) is 30.9 Å². The quantitative estimate of drug-likeness (QED) is 0.162. The fourth-order valence-corrected chi connectivity index (χ4v) is 11.8. The molecule has 0 N–H and O–H groups in total. The number of benzene rings is 9. The molecule has 0 spiro atoms. The summed E-state index contributed by atoms with van der Waals surface area (Å²) in [6.07, 6.45) is 9.15. The highest BCUT2D eigenvalue weighted by Gasteiger charge is 2.44. The van der Waals surface area contributed by atoms with Crippen LogP contribution in [0.15, 0.2) is 218 Å². The summed E-state index contributed by atoms with van der Waals surface area (Å²) in [5.41, 5.74) is 16.1. The molecule has 12 aromatic rings. The normalized spacial score (nSPS) is 16.2. The van der Waals surface area contributed by atoms with Gasteiger partial charge in [-0.25, -0.2) is 9.97 Å². The Labute approximate surface area is 388 Å². The van der Waals surface area contributed by atoms with Gasteiger partial charge in [-0.2, -0.15) is 0 Å². The van der Waals surface area contributed by atoms with Crippen molar-refractivity contribution in [2.45, 2.75) is 25.2 Å². The summed E-state index contributed by atoms with van der Waals surface area (Å²) < 4.78 is 4.81. The summed E-state index contributed by atoms with van der Waals surface area (Å²) in [5.74, 6) is 1.56. The van der Waals surface area contributed by atoms with Crippen molar-refractivity contribution in [3.05, 3.63) is 230 Å². The average Bonchev–Trinajstić information content (AvgIpc) is 3.98. The molecule has 3 aromatic heterocycles. The summed E-state index contributed by atoms with van der Waals surface area (Å²) in [4.78, 5) is 10.9. The molecule has 0 bridgehead atoms. The van der Waals surface area contributed by atoms with Crippen LogP contribution in [-0.4, -0.2) is 19.1 Å². The molecule has 0 fully saturated rings. The molecule has 67 heavy (non-hydrogen) atoms. The van der Waals surface area contributed by atoms with Crippen LogP contribution in [0, 0.1) is 5.92 Å². The first kappa shape index (κ1) is 38.0. The molecule has 2 unspecified atom stereocenters. The van der Waals surface area contributed by atoms with Gasteiger partial charge in [-0.1, -0.05) is 166 Å². The van der Waals surface area contributed by atoms with E-state index in [1.807, 2.05) is 0 Å². The van der Waals surface area contributed by atoms with Gasteiger partial charge in [0.1, 0.15) is 0 Å². The van der Waals surface area contributed by atoms with Crippen molar-refractivity contribution >= 4 is 65.3 Å². The van der Waals surface area contributed by atoms with Crippen molar-refractivity contribution < 1.29 is 0 Å². The number of fused-ring (bicyclic) bond motifs is 12. The van der Waals surface area contributed by atoms with E-state index in [0.717, 1.165) is 61.3 Å². The van der Waals surface area contributed by atoms with Crippen LogP contribution < -0.4 is 0 Å². The Morgan fingerprint density at radius 2 is 1.09 bits per heavy atom. The molecular formula is C63H44N4. The van der Waals surface area contributed by atoms with Crippen LogP contribution in [0.4, 0.5) is 0 Å². The van der Waals surface area contributed by atoms with Crippen LogP contribution in [0.2, 0.25) is 0 Å². The second-order valence-electron chi connectivity index (χ2n) is 19.0. The Hall–Kier alpha value is -8.34. The van der Waals surface area contributed by atoms with E-state index in [0.29, 0.717) is 11.8 Å².